The SMILES string of the molecule is CC(C)N(C)CCC#N.Cl. The van der Waals surface area contributed by atoms with E-state index in [1.807, 2.05) is 7.05 Å². The van der Waals surface area contributed by atoms with E-state index in [1.165, 1.54) is 0 Å². The fraction of sp³-hybridized carbons (Fsp3) is 0.857. The molecule has 0 aromatic heterocycles. The van der Waals surface area contributed by atoms with Crippen LogP contribution in [0.15, 0.2) is 0 Å². The maximum Gasteiger partial charge on any atom is 0.0635 e. The third kappa shape index (κ3) is 5.87. The lowest BCUT2D eigenvalue weighted by atomic mass is 10.3. The van der Waals surface area contributed by atoms with Gasteiger partial charge in [-0.2, -0.15) is 5.26 Å². The lowest BCUT2D eigenvalue weighted by Gasteiger charge is -2.18. The number of rotatable bonds is 3. The van der Waals surface area contributed by atoms with Crippen molar-refractivity contribution in [2.45, 2.75) is 26.3 Å². The fourth-order valence-corrected chi connectivity index (χ4v) is 0.485. The van der Waals surface area contributed by atoms with Crippen LogP contribution in [0.2, 0.25) is 0 Å². The van der Waals surface area contributed by atoms with Gasteiger partial charge in [-0.3, -0.25) is 0 Å². The molecule has 0 radical (unpaired) electrons. The van der Waals surface area contributed by atoms with Crippen LogP contribution in [0.3, 0.4) is 0 Å². The normalized spacial score (nSPS) is 9.20. The van der Waals surface area contributed by atoms with Crippen molar-refractivity contribution in [3.05, 3.63) is 0 Å². The molecule has 0 fully saturated rings. The highest BCUT2D eigenvalue weighted by Gasteiger charge is 1.99. The van der Waals surface area contributed by atoms with Crippen LogP contribution >= 0.6 is 12.4 Å². The summed E-state index contributed by atoms with van der Waals surface area (Å²) in [7, 11) is 2.03. The van der Waals surface area contributed by atoms with Gasteiger partial charge in [-0.15, -0.1) is 12.4 Å². The molecular weight excluding hydrogens is 148 g/mol. The molecule has 0 saturated carbocycles. The first-order valence-corrected chi connectivity index (χ1v) is 3.25. The highest BCUT2D eigenvalue weighted by molar-refractivity contribution is 5.85. The molecule has 0 N–H and O–H groups in total. The molecule has 2 nitrogen and oxygen atoms in total. The Morgan fingerprint density at radius 2 is 2.00 bits per heavy atom. The van der Waals surface area contributed by atoms with Gasteiger partial charge in [0.2, 0.25) is 0 Å². The standard InChI is InChI=1S/C7H14N2.ClH/c1-7(2)9(3)6-4-5-8;/h7H,4,6H2,1-3H3;1H. The largest absolute Gasteiger partial charge is 0.303 e. The van der Waals surface area contributed by atoms with E-state index < -0.39 is 0 Å². The summed E-state index contributed by atoms with van der Waals surface area (Å²) in [6.07, 6.45) is 0.634. The van der Waals surface area contributed by atoms with Crippen LogP contribution in [0.4, 0.5) is 0 Å². The zero-order chi connectivity index (χ0) is 7.28. The molecule has 0 saturated heterocycles. The molecule has 60 valence electrons. The van der Waals surface area contributed by atoms with E-state index in [0.29, 0.717) is 12.5 Å². The van der Waals surface area contributed by atoms with Crippen molar-refractivity contribution in [2.24, 2.45) is 0 Å². The van der Waals surface area contributed by atoms with Crippen molar-refractivity contribution in [1.29, 1.82) is 5.26 Å². The first-order chi connectivity index (χ1) is 4.18. The molecule has 0 aliphatic rings. The molecule has 10 heavy (non-hydrogen) atoms. The predicted molar refractivity (Wildman–Crippen MR) is 45.2 cm³/mol. The lowest BCUT2D eigenvalue weighted by molar-refractivity contribution is 0.280. The minimum absolute atomic E-state index is 0. The average molecular weight is 163 g/mol. The molecular formula is C7H15ClN2. The second-order valence-corrected chi connectivity index (χ2v) is 2.48. The van der Waals surface area contributed by atoms with Crippen LogP contribution < -0.4 is 0 Å². The minimum Gasteiger partial charge on any atom is -0.303 e. The summed E-state index contributed by atoms with van der Waals surface area (Å²) in [6.45, 7) is 5.13. The van der Waals surface area contributed by atoms with Crippen LogP contribution in [0.1, 0.15) is 20.3 Å². The first kappa shape index (κ1) is 12.4. The monoisotopic (exact) mass is 162 g/mol. The van der Waals surface area contributed by atoms with E-state index in [9.17, 15) is 0 Å². The Morgan fingerprint density at radius 3 is 2.30 bits per heavy atom. The van der Waals surface area contributed by atoms with Crippen LogP contribution in [0.5, 0.6) is 0 Å². The summed E-state index contributed by atoms with van der Waals surface area (Å²) in [4.78, 5) is 2.16. The van der Waals surface area contributed by atoms with Crippen LogP contribution in [-0.4, -0.2) is 24.5 Å². The number of hydrogen-bond acceptors (Lipinski definition) is 2. The molecule has 0 aliphatic heterocycles. The molecule has 0 aliphatic carbocycles. The molecule has 0 atom stereocenters. The van der Waals surface area contributed by atoms with Crippen molar-refractivity contribution < 1.29 is 0 Å². The Morgan fingerprint density at radius 1 is 1.50 bits per heavy atom. The van der Waals surface area contributed by atoms with Gasteiger partial charge in [0.25, 0.3) is 0 Å². The van der Waals surface area contributed by atoms with Gasteiger partial charge >= 0.3 is 0 Å². The summed E-state index contributed by atoms with van der Waals surface area (Å²) in [6, 6.07) is 2.67. The Hall–Kier alpha value is -0.260. The quantitative estimate of drug-likeness (QED) is 0.631. The third-order valence-electron chi connectivity index (χ3n) is 1.46. The highest BCUT2D eigenvalue weighted by atomic mass is 35.5. The van der Waals surface area contributed by atoms with Gasteiger partial charge < -0.3 is 4.90 Å². The topological polar surface area (TPSA) is 27.0 Å². The van der Waals surface area contributed by atoms with Gasteiger partial charge in [0.15, 0.2) is 0 Å². The average Bonchev–Trinajstić information content (AvgIpc) is 1.82. The molecule has 0 spiro atoms. The second kappa shape index (κ2) is 6.85. The van der Waals surface area contributed by atoms with Gasteiger partial charge in [0, 0.05) is 19.0 Å². The smallest absolute Gasteiger partial charge is 0.0635 e. The molecule has 0 aromatic carbocycles. The number of nitrogens with zero attached hydrogens (tertiary/aromatic N) is 2. The van der Waals surface area contributed by atoms with Gasteiger partial charge in [-0.05, 0) is 20.9 Å². The zero-order valence-electron chi connectivity index (χ0n) is 6.79. The van der Waals surface area contributed by atoms with Crippen molar-refractivity contribution in [2.75, 3.05) is 13.6 Å². The van der Waals surface area contributed by atoms with Crippen LogP contribution in [0.25, 0.3) is 0 Å². The summed E-state index contributed by atoms with van der Waals surface area (Å²) in [5.74, 6) is 0. The van der Waals surface area contributed by atoms with Crippen LogP contribution in [-0.2, 0) is 0 Å². The summed E-state index contributed by atoms with van der Waals surface area (Å²) in [5, 5.41) is 8.22. The number of hydrogen-bond donors (Lipinski definition) is 0. The maximum atomic E-state index is 8.22. The van der Waals surface area contributed by atoms with E-state index in [4.69, 9.17) is 5.26 Å². The maximum absolute atomic E-state index is 8.22. The Labute approximate surface area is 69.2 Å². The van der Waals surface area contributed by atoms with E-state index >= 15 is 0 Å². The number of halogens is 1. The first-order valence-electron chi connectivity index (χ1n) is 3.25. The third-order valence-corrected chi connectivity index (χ3v) is 1.46. The van der Waals surface area contributed by atoms with E-state index in [1.54, 1.807) is 0 Å². The molecule has 0 bridgehead atoms. The summed E-state index contributed by atoms with van der Waals surface area (Å²) >= 11 is 0. The van der Waals surface area contributed by atoms with Crippen molar-refractivity contribution >= 4 is 12.4 Å². The van der Waals surface area contributed by atoms with Crippen LogP contribution in [0, 0.1) is 11.3 Å². The minimum atomic E-state index is 0. The molecule has 3 heteroatoms. The van der Waals surface area contributed by atoms with Gasteiger partial charge in [0.05, 0.1) is 6.07 Å². The van der Waals surface area contributed by atoms with E-state index in [-0.39, 0.29) is 12.4 Å². The molecule has 0 rings (SSSR count). The van der Waals surface area contributed by atoms with Crippen molar-refractivity contribution in [1.82, 2.24) is 4.90 Å². The van der Waals surface area contributed by atoms with E-state index in [2.05, 4.69) is 24.8 Å². The van der Waals surface area contributed by atoms with Gasteiger partial charge in [0.1, 0.15) is 0 Å². The second-order valence-electron chi connectivity index (χ2n) is 2.48. The molecule has 0 amide bonds. The molecule has 0 unspecified atom stereocenters. The van der Waals surface area contributed by atoms with Crippen molar-refractivity contribution in [3.8, 4) is 6.07 Å². The number of nitriles is 1. The van der Waals surface area contributed by atoms with E-state index in [0.717, 1.165) is 6.54 Å². The lowest BCUT2D eigenvalue weighted by Crippen LogP contribution is -2.26. The zero-order valence-corrected chi connectivity index (χ0v) is 7.61. The summed E-state index contributed by atoms with van der Waals surface area (Å²) in [5.41, 5.74) is 0. The molecule has 0 heterocycles. The Kier molecular flexibility index (Phi) is 8.51. The highest BCUT2D eigenvalue weighted by Crippen LogP contribution is 1.93. The van der Waals surface area contributed by atoms with Gasteiger partial charge in [-0.1, -0.05) is 0 Å². The van der Waals surface area contributed by atoms with Crippen molar-refractivity contribution in [3.63, 3.8) is 0 Å². The predicted octanol–water partition coefficient (Wildman–Crippen LogP) is 1.66. The van der Waals surface area contributed by atoms with Gasteiger partial charge in [-0.25, -0.2) is 0 Å². The summed E-state index contributed by atoms with van der Waals surface area (Å²) < 4.78 is 0. The Bertz CT molecular complexity index is 107. The molecule has 0 aromatic rings. The Balaban J connectivity index is 0. The fourth-order valence-electron chi connectivity index (χ4n) is 0.485.